The van der Waals surface area contributed by atoms with Gasteiger partial charge in [0, 0.05) is 19.3 Å². The lowest BCUT2D eigenvalue weighted by Crippen LogP contribution is -2.30. The summed E-state index contributed by atoms with van der Waals surface area (Å²) in [6.07, 6.45) is 0.962. The Balaban J connectivity index is 2.06. The normalized spacial score (nSPS) is 17.4. The Labute approximate surface area is 158 Å². The molecule has 5 nitrogen and oxygen atoms in total. The van der Waals surface area contributed by atoms with Crippen LogP contribution in [0.5, 0.6) is 0 Å². The fourth-order valence-corrected chi connectivity index (χ4v) is 3.63. The zero-order chi connectivity index (χ0) is 19.6. The molecular formula is C22H23NO4. The average molecular weight is 365 g/mol. The van der Waals surface area contributed by atoms with Crippen molar-refractivity contribution >= 4 is 28.2 Å². The molecule has 140 valence electrons. The van der Waals surface area contributed by atoms with E-state index in [-0.39, 0.29) is 22.5 Å². The van der Waals surface area contributed by atoms with E-state index in [1.807, 2.05) is 56.3 Å². The summed E-state index contributed by atoms with van der Waals surface area (Å²) in [7, 11) is 0. The van der Waals surface area contributed by atoms with Crippen molar-refractivity contribution in [2.24, 2.45) is 10.4 Å². The Hall–Kier alpha value is -2.95. The van der Waals surface area contributed by atoms with Gasteiger partial charge >= 0.3 is 5.97 Å². The minimum Gasteiger partial charge on any atom is -0.511 e. The first-order valence-electron chi connectivity index (χ1n) is 8.94. The number of hydrogen-bond acceptors (Lipinski definition) is 4. The van der Waals surface area contributed by atoms with Crippen molar-refractivity contribution in [2.45, 2.75) is 33.1 Å². The van der Waals surface area contributed by atoms with E-state index in [9.17, 15) is 14.7 Å². The minimum absolute atomic E-state index is 0.000579. The number of rotatable bonds is 5. The number of ketones is 1. The summed E-state index contributed by atoms with van der Waals surface area (Å²) in [5.41, 5.74) is 1.15. The number of Topliss-reactive ketones (excluding diaryl/α,β-unsaturated/α-hetero) is 1. The summed E-state index contributed by atoms with van der Waals surface area (Å²) in [6, 6.07) is 13.7. The molecule has 1 aliphatic carbocycles. The highest BCUT2D eigenvalue weighted by atomic mass is 16.4. The highest BCUT2D eigenvalue weighted by molar-refractivity contribution is 6.24. The molecule has 1 aliphatic rings. The molecule has 0 saturated heterocycles. The number of carbonyl (C=O) groups excluding carboxylic acids is 1. The predicted molar refractivity (Wildman–Crippen MR) is 105 cm³/mol. The van der Waals surface area contributed by atoms with Crippen molar-refractivity contribution < 1.29 is 19.8 Å². The second-order valence-electron chi connectivity index (χ2n) is 7.73. The van der Waals surface area contributed by atoms with Gasteiger partial charge in [0.2, 0.25) is 0 Å². The van der Waals surface area contributed by atoms with Gasteiger partial charge in [-0.3, -0.25) is 14.6 Å². The lowest BCUT2D eigenvalue weighted by Gasteiger charge is -2.30. The number of aliphatic carboxylic acids is 1. The fourth-order valence-electron chi connectivity index (χ4n) is 3.63. The molecule has 2 aromatic rings. The number of benzene rings is 2. The standard InChI is InChI=1S/C22H23NO4/c1-22(2)11-18(24)21(19(25)12-22)17(23-13-20(26)27)10-15-8-5-7-14-6-3-4-9-16(14)15/h3-9,24H,10-13H2,1-2H3,(H,26,27). The lowest BCUT2D eigenvalue weighted by atomic mass is 9.75. The van der Waals surface area contributed by atoms with E-state index < -0.39 is 12.5 Å². The van der Waals surface area contributed by atoms with Gasteiger partial charge in [0.05, 0.1) is 11.3 Å². The van der Waals surface area contributed by atoms with Crippen molar-refractivity contribution in [2.75, 3.05) is 6.54 Å². The second-order valence-corrected chi connectivity index (χ2v) is 7.73. The van der Waals surface area contributed by atoms with Crippen LogP contribution in [0, 0.1) is 5.41 Å². The average Bonchev–Trinajstić information content (AvgIpc) is 2.58. The third kappa shape index (κ3) is 4.25. The van der Waals surface area contributed by atoms with E-state index in [4.69, 9.17) is 5.11 Å². The number of carboxylic acids is 1. The highest BCUT2D eigenvalue weighted by Crippen LogP contribution is 2.36. The number of allylic oxidation sites excluding steroid dienone is 2. The smallest absolute Gasteiger partial charge is 0.325 e. The Bertz CT molecular complexity index is 964. The first kappa shape index (κ1) is 18.8. The molecule has 0 bridgehead atoms. The number of aliphatic imine (C=N–C) groups is 1. The van der Waals surface area contributed by atoms with Gasteiger partial charge in [-0.15, -0.1) is 0 Å². The van der Waals surface area contributed by atoms with Crippen molar-refractivity contribution in [1.82, 2.24) is 0 Å². The van der Waals surface area contributed by atoms with E-state index in [1.165, 1.54) is 0 Å². The SMILES string of the molecule is CC1(C)CC(=O)C(C(Cc2cccc3ccccc23)=NCC(=O)O)=C(O)C1. The maximum absolute atomic E-state index is 12.7. The third-order valence-corrected chi connectivity index (χ3v) is 4.78. The zero-order valence-electron chi connectivity index (χ0n) is 15.5. The van der Waals surface area contributed by atoms with Gasteiger partial charge in [-0.2, -0.15) is 0 Å². The summed E-state index contributed by atoms with van der Waals surface area (Å²) in [6.45, 7) is 3.42. The van der Waals surface area contributed by atoms with Crippen LogP contribution in [0.3, 0.4) is 0 Å². The molecule has 0 aromatic heterocycles. The number of fused-ring (bicyclic) bond motifs is 1. The Morgan fingerprint density at radius 1 is 1.11 bits per heavy atom. The molecule has 5 heteroatoms. The monoisotopic (exact) mass is 365 g/mol. The number of nitrogens with zero attached hydrogens (tertiary/aromatic N) is 1. The van der Waals surface area contributed by atoms with E-state index in [2.05, 4.69) is 4.99 Å². The summed E-state index contributed by atoms with van der Waals surface area (Å²) >= 11 is 0. The number of hydrogen-bond donors (Lipinski definition) is 2. The van der Waals surface area contributed by atoms with Crippen LogP contribution < -0.4 is 0 Å². The summed E-state index contributed by atoms with van der Waals surface area (Å²) in [5.74, 6) is -1.26. The van der Waals surface area contributed by atoms with Gasteiger partial charge in [0.25, 0.3) is 0 Å². The molecule has 0 aliphatic heterocycles. The van der Waals surface area contributed by atoms with Gasteiger partial charge in [0.1, 0.15) is 12.3 Å². The maximum Gasteiger partial charge on any atom is 0.325 e. The van der Waals surface area contributed by atoms with Crippen molar-refractivity contribution in [3.8, 4) is 0 Å². The topological polar surface area (TPSA) is 87.0 Å². The molecule has 0 spiro atoms. The molecule has 0 heterocycles. The highest BCUT2D eigenvalue weighted by Gasteiger charge is 2.35. The third-order valence-electron chi connectivity index (χ3n) is 4.78. The molecule has 0 radical (unpaired) electrons. The van der Waals surface area contributed by atoms with Crippen LogP contribution in [0.2, 0.25) is 0 Å². The van der Waals surface area contributed by atoms with Crippen LogP contribution in [0.4, 0.5) is 0 Å². The first-order chi connectivity index (χ1) is 12.8. The Kier molecular flexibility index (Phi) is 5.13. The number of aliphatic hydroxyl groups excluding tert-OH is 1. The van der Waals surface area contributed by atoms with Crippen LogP contribution in [-0.4, -0.2) is 34.2 Å². The Morgan fingerprint density at radius 2 is 1.81 bits per heavy atom. The van der Waals surface area contributed by atoms with Gasteiger partial charge < -0.3 is 10.2 Å². The molecule has 0 atom stereocenters. The zero-order valence-corrected chi connectivity index (χ0v) is 15.5. The molecule has 2 aromatic carbocycles. The largest absolute Gasteiger partial charge is 0.511 e. The van der Waals surface area contributed by atoms with Gasteiger partial charge in [-0.25, -0.2) is 0 Å². The molecule has 27 heavy (non-hydrogen) atoms. The van der Waals surface area contributed by atoms with E-state index in [0.717, 1.165) is 16.3 Å². The fraction of sp³-hybridized carbons (Fsp3) is 0.318. The van der Waals surface area contributed by atoms with Crippen LogP contribution in [0.15, 0.2) is 58.8 Å². The van der Waals surface area contributed by atoms with Gasteiger partial charge in [-0.05, 0) is 21.8 Å². The number of aliphatic hydroxyl groups is 1. The molecular weight excluding hydrogens is 342 g/mol. The van der Waals surface area contributed by atoms with Crippen LogP contribution in [0.1, 0.15) is 32.3 Å². The van der Waals surface area contributed by atoms with Crippen molar-refractivity contribution in [1.29, 1.82) is 0 Å². The van der Waals surface area contributed by atoms with Crippen molar-refractivity contribution in [3.05, 3.63) is 59.4 Å². The lowest BCUT2D eigenvalue weighted by molar-refractivity contribution is -0.135. The van der Waals surface area contributed by atoms with Crippen LogP contribution in [0.25, 0.3) is 10.8 Å². The van der Waals surface area contributed by atoms with Crippen molar-refractivity contribution in [3.63, 3.8) is 0 Å². The predicted octanol–water partition coefficient (Wildman–Crippen LogP) is 4.11. The number of carbonyl (C=O) groups is 2. The first-order valence-corrected chi connectivity index (χ1v) is 8.94. The van der Waals surface area contributed by atoms with E-state index in [0.29, 0.717) is 25.0 Å². The van der Waals surface area contributed by atoms with E-state index >= 15 is 0 Å². The second kappa shape index (κ2) is 7.35. The van der Waals surface area contributed by atoms with Gasteiger partial charge in [-0.1, -0.05) is 56.3 Å². The summed E-state index contributed by atoms with van der Waals surface area (Å²) in [4.78, 5) is 27.9. The molecule has 2 N–H and O–H groups in total. The van der Waals surface area contributed by atoms with Crippen LogP contribution >= 0.6 is 0 Å². The quantitative estimate of drug-likeness (QED) is 0.781. The Morgan fingerprint density at radius 3 is 2.52 bits per heavy atom. The minimum atomic E-state index is -1.07. The van der Waals surface area contributed by atoms with Gasteiger partial charge in [0.15, 0.2) is 5.78 Å². The molecule has 0 saturated carbocycles. The van der Waals surface area contributed by atoms with E-state index in [1.54, 1.807) is 0 Å². The molecule has 3 rings (SSSR count). The molecule has 0 fully saturated rings. The molecule has 0 unspecified atom stereocenters. The molecule has 0 amide bonds. The van der Waals surface area contributed by atoms with Crippen LogP contribution in [-0.2, 0) is 16.0 Å². The maximum atomic E-state index is 12.7. The number of carboxylic acid groups (broad SMARTS) is 1. The summed E-state index contributed by atoms with van der Waals surface area (Å²) < 4.78 is 0. The summed E-state index contributed by atoms with van der Waals surface area (Å²) in [5, 5.41) is 21.7.